The van der Waals surface area contributed by atoms with Crippen LogP contribution in [0.15, 0.2) is 95.9 Å². The summed E-state index contributed by atoms with van der Waals surface area (Å²) >= 11 is 0. The number of phenols is 1. The maximum atomic E-state index is 13.1. The third kappa shape index (κ3) is 8.76. The minimum absolute atomic E-state index is 0.175. The summed E-state index contributed by atoms with van der Waals surface area (Å²) in [5.41, 5.74) is 1.30. The summed E-state index contributed by atoms with van der Waals surface area (Å²) in [4.78, 5) is 12.3. The summed E-state index contributed by atoms with van der Waals surface area (Å²) in [6.45, 7) is 0.251. The van der Waals surface area contributed by atoms with Crippen LogP contribution in [0, 0.1) is 5.82 Å². The van der Waals surface area contributed by atoms with E-state index < -0.39 is 34.0 Å². The van der Waals surface area contributed by atoms with Crippen LogP contribution in [0.25, 0.3) is 0 Å². The number of alkyl halides is 3. The normalized spacial score (nSPS) is 11.4. The van der Waals surface area contributed by atoms with Crippen molar-refractivity contribution in [1.29, 1.82) is 0 Å². The molecule has 0 aliphatic rings. The molecule has 0 heterocycles. The van der Waals surface area contributed by atoms with Crippen LogP contribution in [-0.4, -0.2) is 32.5 Å². The van der Waals surface area contributed by atoms with Gasteiger partial charge in [0.25, 0.3) is 10.0 Å². The number of hydrogen-bond donors (Lipinski definition) is 4. The lowest BCUT2D eigenvalue weighted by molar-refractivity contribution is -0.274. The van der Waals surface area contributed by atoms with Crippen LogP contribution in [0.1, 0.15) is 5.56 Å². The molecule has 2 amide bonds. The van der Waals surface area contributed by atoms with Gasteiger partial charge in [-0.15, -0.1) is 13.2 Å². The molecular formula is C28H23F4N3O6S. The molecule has 0 spiro atoms. The van der Waals surface area contributed by atoms with Gasteiger partial charge in [-0.05, 0) is 84.4 Å². The first-order valence-corrected chi connectivity index (χ1v) is 13.6. The van der Waals surface area contributed by atoms with Crippen molar-refractivity contribution in [2.24, 2.45) is 0 Å². The van der Waals surface area contributed by atoms with Crippen LogP contribution in [0.2, 0.25) is 0 Å². The first-order valence-electron chi connectivity index (χ1n) is 12.1. The van der Waals surface area contributed by atoms with Crippen molar-refractivity contribution in [3.05, 3.63) is 102 Å². The van der Waals surface area contributed by atoms with E-state index in [1.165, 1.54) is 30.3 Å². The lowest BCUT2D eigenvalue weighted by Crippen LogP contribution is -2.19. The molecular weight excluding hydrogens is 582 g/mol. The van der Waals surface area contributed by atoms with Gasteiger partial charge in [-0.1, -0.05) is 12.1 Å². The van der Waals surface area contributed by atoms with Crippen LogP contribution < -0.4 is 24.8 Å². The molecule has 0 fully saturated rings. The Morgan fingerprint density at radius 2 is 1.40 bits per heavy atom. The van der Waals surface area contributed by atoms with E-state index in [-0.39, 0.29) is 28.6 Å². The van der Waals surface area contributed by atoms with Crippen LogP contribution in [0.3, 0.4) is 0 Å². The van der Waals surface area contributed by atoms with E-state index in [1.807, 2.05) is 0 Å². The summed E-state index contributed by atoms with van der Waals surface area (Å²) < 4.78 is 86.6. The number of phenolic OH excluding ortho intramolecular Hbond substituents is 1. The molecule has 0 bridgehead atoms. The Kier molecular flexibility index (Phi) is 9.06. The molecule has 42 heavy (non-hydrogen) atoms. The Labute approximate surface area is 237 Å². The summed E-state index contributed by atoms with van der Waals surface area (Å²) in [7, 11) is -4.14. The zero-order valence-corrected chi connectivity index (χ0v) is 22.3. The maximum absolute atomic E-state index is 13.1. The molecule has 0 atom stereocenters. The van der Waals surface area contributed by atoms with Crippen molar-refractivity contribution < 1.29 is 45.4 Å². The number of benzene rings is 4. The number of aromatic hydroxyl groups is 1. The smallest absolute Gasteiger partial charge is 0.506 e. The van der Waals surface area contributed by atoms with E-state index in [9.17, 15) is 35.9 Å². The Morgan fingerprint density at radius 3 is 2.05 bits per heavy atom. The predicted octanol–water partition coefficient (Wildman–Crippen LogP) is 6.50. The average molecular weight is 606 g/mol. The van der Waals surface area contributed by atoms with Crippen LogP contribution in [0.5, 0.6) is 17.2 Å². The molecule has 0 aliphatic carbocycles. The van der Waals surface area contributed by atoms with Crippen LogP contribution in [0.4, 0.5) is 39.4 Å². The number of urea groups is 1. The fourth-order valence-electron chi connectivity index (χ4n) is 3.59. The molecule has 4 rings (SSSR count). The van der Waals surface area contributed by atoms with Gasteiger partial charge in [-0.3, -0.25) is 4.72 Å². The lowest BCUT2D eigenvalue weighted by atomic mass is 10.1. The van der Waals surface area contributed by atoms with Gasteiger partial charge in [0, 0.05) is 17.8 Å². The highest BCUT2D eigenvalue weighted by Gasteiger charge is 2.31. The van der Waals surface area contributed by atoms with Gasteiger partial charge >= 0.3 is 12.4 Å². The highest BCUT2D eigenvalue weighted by molar-refractivity contribution is 7.92. The third-order valence-electron chi connectivity index (χ3n) is 5.55. The minimum atomic E-state index is -4.77. The number of halogens is 4. The first kappa shape index (κ1) is 30.0. The quantitative estimate of drug-likeness (QED) is 0.0930. The van der Waals surface area contributed by atoms with Gasteiger partial charge < -0.3 is 25.2 Å². The Hall–Kier alpha value is -4.98. The summed E-state index contributed by atoms with van der Waals surface area (Å²) in [6.07, 6.45) is -4.29. The van der Waals surface area contributed by atoms with Crippen molar-refractivity contribution in [1.82, 2.24) is 0 Å². The third-order valence-corrected chi connectivity index (χ3v) is 6.93. The van der Waals surface area contributed by atoms with E-state index in [1.54, 1.807) is 24.3 Å². The molecule has 9 nitrogen and oxygen atoms in total. The molecule has 220 valence electrons. The second kappa shape index (κ2) is 12.7. The zero-order chi connectivity index (χ0) is 30.3. The number of sulfonamides is 1. The fourth-order valence-corrected chi connectivity index (χ4v) is 4.65. The Bertz CT molecular complexity index is 1630. The molecule has 0 radical (unpaired) electrons. The molecule has 0 aromatic heterocycles. The van der Waals surface area contributed by atoms with Crippen LogP contribution >= 0.6 is 0 Å². The highest BCUT2D eigenvalue weighted by atomic mass is 32.2. The number of anilines is 3. The van der Waals surface area contributed by atoms with Crippen molar-refractivity contribution >= 4 is 33.1 Å². The van der Waals surface area contributed by atoms with Gasteiger partial charge in [-0.25, -0.2) is 17.6 Å². The van der Waals surface area contributed by atoms with E-state index in [2.05, 4.69) is 20.1 Å². The fraction of sp³-hybridized carbons (Fsp3) is 0.107. The number of ether oxygens (including phenoxy) is 2. The molecule has 4 aromatic rings. The van der Waals surface area contributed by atoms with E-state index in [0.717, 1.165) is 42.0 Å². The van der Waals surface area contributed by atoms with Gasteiger partial charge in [0.05, 0.1) is 17.2 Å². The molecule has 0 saturated heterocycles. The molecule has 4 aromatic carbocycles. The van der Waals surface area contributed by atoms with E-state index in [4.69, 9.17) is 4.74 Å². The second-order valence-corrected chi connectivity index (χ2v) is 10.4. The van der Waals surface area contributed by atoms with Gasteiger partial charge in [0.15, 0.2) is 0 Å². The average Bonchev–Trinajstić information content (AvgIpc) is 2.92. The predicted molar refractivity (Wildman–Crippen MR) is 147 cm³/mol. The topological polar surface area (TPSA) is 126 Å². The maximum Gasteiger partial charge on any atom is 0.573 e. The molecule has 4 N–H and O–H groups in total. The summed E-state index contributed by atoms with van der Waals surface area (Å²) in [6, 6.07) is 19.1. The van der Waals surface area contributed by atoms with Gasteiger partial charge in [0.2, 0.25) is 0 Å². The van der Waals surface area contributed by atoms with Crippen molar-refractivity contribution in [2.45, 2.75) is 17.7 Å². The summed E-state index contributed by atoms with van der Waals surface area (Å²) in [5.74, 6) is -0.971. The SMILES string of the molecule is O=C(Nc1ccc(CCOc2ccc(OC(F)(F)F)cc2)cc1)Nc1ccc(O)c(NS(=O)(=O)c2ccc(F)cc2)c1. The van der Waals surface area contributed by atoms with Crippen molar-refractivity contribution in [2.75, 3.05) is 22.0 Å². The molecule has 0 aliphatic heterocycles. The number of nitrogens with one attached hydrogen (secondary N) is 3. The van der Waals surface area contributed by atoms with Crippen LogP contribution in [-0.2, 0) is 16.4 Å². The number of amides is 2. The largest absolute Gasteiger partial charge is 0.573 e. The monoisotopic (exact) mass is 605 g/mol. The highest BCUT2D eigenvalue weighted by Crippen LogP contribution is 2.29. The van der Waals surface area contributed by atoms with E-state index in [0.29, 0.717) is 17.9 Å². The number of carbonyl (C=O) groups is 1. The number of rotatable bonds is 10. The molecule has 0 saturated carbocycles. The zero-order valence-electron chi connectivity index (χ0n) is 21.5. The van der Waals surface area contributed by atoms with Gasteiger partial charge in [0.1, 0.15) is 23.1 Å². The lowest BCUT2D eigenvalue weighted by Gasteiger charge is -2.13. The van der Waals surface area contributed by atoms with Crippen molar-refractivity contribution in [3.8, 4) is 17.2 Å². The first-order chi connectivity index (χ1) is 19.9. The Morgan fingerprint density at radius 1 is 0.810 bits per heavy atom. The number of hydrogen-bond acceptors (Lipinski definition) is 6. The minimum Gasteiger partial charge on any atom is -0.506 e. The standard InChI is InChI=1S/C28H23F4N3O6S/c29-19-3-12-24(13-4-19)42(38,39)35-25-17-21(7-14-26(25)36)34-27(37)33-20-5-1-18(2-6-20)15-16-40-22-8-10-23(11-9-22)41-28(30,31)32/h1-14,17,35-36H,15-16H2,(H2,33,34,37). The van der Waals surface area contributed by atoms with E-state index >= 15 is 0 Å². The second-order valence-electron chi connectivity index (χ2n) is 8.69. The summed E-state index contributed by atoms with van der Waals surface area (Å²) in [5, 5.41) is 15.3. The molecule has 14 heteroatoms. The number of carbonyl (C=O) groups excluding carboxylic acids is 1. The van der Waals surface area contributed by atoms with Crippen molar-refractivity contribution in [3.63, 3.8) is 0 Å². The van der Waals surface area contributed by atoms with Gasteiger partial charge in [-0.2, -0.15) is 0 Å². The Balaban J connectivity index is 1.27. The molecule has 0 unspecified atom stereocenters.